The summed E-state index contributed by atoms with van der Waals surface area (Å²) in [6, 6.07) is 2.70. The molecule has 100 valence electrons. The Hall–Kier alpha value is -1.14. The predicted octanol–water partition coefficient (Wildman–Crippen LogP) is 1.90. The standard InChI is InChI=1S/C12H17NO4S/c1-12(2)5-7-13(8-6-12)18(15,16)11-4-3-10(9-14)17-11/h3-4,9H,5-8H2,1-2H3. The molecule has 5 nitrogen and oxygen atoms in total. The first-order chi connectivity index (χ1) is 8.35. The molecule has 1 aromatic rings. The van der Waals surface area contributed by atoms with Crippen molar-refractivity contribution in [2.75, 3.05) is 13.1 Å². The van der Waals surface area contributed by atoms with Crippen LogP contribution in [0.3, 0.4) is 0 Å². The molecule has 0 spiro atoms. The summed E-state index contributed by atoms with van der Waals surface area (Å²) in [4.78, 5) is 10.5. The van der Waals surface area contributed by atoms with Crippen LogP contribution in [-0.2, 0) is 10.0 Å². The SMILES string of the molecule is CC1(C)CCN(S(=O)(=O)c2ccc(C=O)o2)CC1. The van der Waals surface area contributed by atoms with Crippen LogP contribution in [0.2, 0.25) is 0 Å². The van der Waals surface area contributed by atoms with Crippen molar-refractivity contribution < 1.29 is 17.6 Å². The van der Waals surface area contributed by atoms with E-state index in [-0.39, 0.29) is 16.3 Å². The van der Waals surface area contributed by atoms with Crippen molar-refractivity contribution >= 4 is 16.3 Å². The molecule has 0 N–H and O–H groups in total. The molecule has 1 fully saturated rings. The molecule has 1 aromatic heterocycles. The number of sulfonamides is 1. The average Bonchev–Trinajstić information content (AvgIpc) is 2.77. The number of furan rings is 1. The minimum atomic E-state index is -3.59. The Kier molecular flexibility index (Phi) is 3.33. The number of piperidine rings is 1. The van der Waals surface area contributed by atoms with Crippen molar-refractivity contribution in [3.05, 3.63) is 17.9 Å². The molecule has 0 unspecified atom stereocenters. The predicted molar refractivity (Wildman–Crippen MR) is 65.9 cm³/mol. The zero-order valence-electron chi connectivity index (χ0n) is 10.5. The summed E-state index contributed by atoms with van der Waals surface area (Å²) in [5.41, 5.74) is 0.184. The van der Waals surface area contributed by atoms with E-state index < -0.39 is 10.0 Å². The van der Waals surface area contributed by atoms with Gasteiger partial charge in [0.2, 0.25) is 5.09 Å². The first-order valence-corrected chi connectivity index (χ1v) is 7.34. The van der Waals surface area contributed by atoms with E-state index in [4.69, 9.17) is 4.42 Å². The normalized spacial score (nSPS) is 20.8. The molecule has 0 aliphatic carbocycles. The van der Waals surface area contributed by atoms with Crippen LogP contribution in [0, 0.1) is 5.41 Å². The van der Waals surface area contributed by atoms with Gasteiger partial charge in [-0.15, -0.1) is 0 Å². The topological polar surface area (TPSA) is 67.6 Å². The van der Waals surface area contributed by atoms with Crippen LogP contribution in [-0.4, -0.2) is 32.1 Å². The van der Waals surface area contributed by atoms with Crippen molar-refractivity contribution in [3.8, 4) is 0 Å². The lowest BCUT2D eigenvalue weighted by atomic mass is 9.83. The molecule has 2 heterocycles. The van der Waals surface area contributed by atoms with Crippen molar-refractivity contribution in [2.45, 2.75) is 31.8 Å². The van der Waals surface area contributed by atoms with Crippen LogP contribution in [0.15, 0.2) is 21.6 Å². The fraction of sp³-hybridized carbons (Fsp3) is 0.583. The third kappa shape index (κ3) is 2.49. The van der Waals surface area contributed by atoms with Gasteiger partial charge < -0.3 is 4.42 Å². The highest BCUT2D eigenvalue weighted by atomic mass is 32.2. The van der Waals surface area contributed by atoms with Gasteiger partial charge in [-0.25, -0.2) is 8.42 Å². The van der Waals surface area contributed by atoms with E-state index >= 15 is 0 Å². The summed E-state index contributed by atoms with van der Waals surface area (Å²) in [5.74, 6) is 0.0333. The third-order valence-electron chi connectivity index (χ3n) is 3.39. The molecule has 1 aliphatic heterocycles. The molecule has 6 heteroatoms. The van der Waals surface area contributed by atoms with Gasteiger partial charge in [0.05, 0.1) is 0 Å². The molecule has 1 saturated heterocycles. The van der Waals surface area contributed by atoms with E-state index in [1.165, 1.54) is 16.4 Å². The molecular weight excluding hydrogens is 254 g/mol. The maximum absolute atomic E-state index is 12.2. The Bertz CT molecular complexity index is 534. The van der Waals surface area contributed by atoms with Crippen molar-refractivity contribution in [1.82, 2.24) is 4.31 Å². The lowest BCUT2D eigenvalue weighted by Gasteiger charge is -2.35. The van der Waals surface area contributed by atoms with E-state index in [9.17, 15) is 13.2 Å². The lowest BCUT2D eigenvalue weighted by Crippen LogP contribution is -2.40. The van der Waals surface area contributed by atoms with Gasteiger partial charge in [-0.1, -0.05) is 13.8 Å². The number of nitrogens with zero attached hydrogens (tertiary/aromatic N) is 1. The maximum atomic E-state index is 12.2. The molecule has 0 saturated carbocycles. The summed E-state index contributed by atoms with van der Waals surface area (Å²) in [6.07, 6.45) is 2.15. The number of carbonyl (C=O) groups is 1. The Balaban J connectivity index is 2.19. The van der Waals surface area contributed by atoms with Crippen LogP contribution >= 0.6 is 0 Å². The van der Waals surface area contributed by atoms with Crippen LogP contribution in [0.25, 0.3) is 0 Å². The second kappa shape index (κ2) is 4.51. The van der Waals surface area contributed by atoms with Crippen LogP contribution in [0.5, 0.6) is 0 Å². The Morgan fingerprint density at radius 3 is 2.39 bits per heavy atom. The molecule has 18 heavy (non-hydrogen) atoms. The molecule has 0 aromatic carbocycles. The Morgan fingerprint density at radius 2 is 1.89 bits per heavy atom. The van der Waals surface area contributed by atoms with E-state index in [0.29, 0.717) is 19.4 Å². The van der Waals surface area contributed by atoms with Crippen molar-refractivity contribution in [2.24, 2.45) is 5.41 Å². The minimum Gasteiger partial charge on any atom is -0.440 e. The summed E-state index contributed by atoms with van der Waals surface area (Å²) in [6.45, 7) is 5.25. The number of carbonyl (C=O) groups excluding carboxylic acids is 1. The first-order valence-electron chi connectivity index (χ1n) is 5.90. The highest BCUT2D eigenvalue weighted by molar-refractivity contribution is 7.89. The summed E-state index contributed by atoms with van der Waals surface area (Å²) >= 11 is 0. The van der Waals surface area contributed by atoms with E-state index in [2.05, 4.69) is 13.8 Å². The number of aldehydes is 1. The number of hydrogen-bond donors (Lipinski definition) is 0. The van der Waals surface area contributed by atoms with Gasteiger partial charge in [-0.05, 0) is 30.4 Å². The molecule has 2 rings (SSSR count). The minimum absolute atomic E-state index is 0.0333. The fourth-order valence-electron chi connectivity index (χ4n) is 2.00. The second-order valence-electron chi connectivity index (χ2n) is 5.34. The van der Waals surface area contributed by atoms with Gasteiger partial charge in [0.15, 0.2) is 12.0 Å². The van der Waals surface area contributed by atoms with Crippen molar-refractivity contribution in [3.63, 3.8) is 0 Å². The van der Waals surface area contributed by atoms with Crippen molar-refractivity contribution in [1.29, 1.82) is 0 Å². The number of rotatable bonds is 3. The van der Waals surface area contributed by atoms with Gasteiger partial charge in [0, 0.05) is 13.1 Å². The third-order valence-corrected chi connectivity index (χ3v) is 5.16. The largest absolute Gasteiger partial charge is 0.440 e. The first kappa shape index (κ1) is 13.3. The molecule has 0 atom stereocenters. The molecule has 0 bridgehead atoms. The zero-order chi connectivity index (χ0) is 13.4. The number of hydrogen-bond acceptors (Lipinski definition) is 4. The molecule has 0 amide bonds. The molecular formula is C12H17NO4S. The average molecular weight is 271 g/mol. The van der Waals surface area contributed by atoms with Gasteiger partial charge in [0.1, 0.15) is 0 Å². The van der Waals surface area contributed by atoms with E-state index in [1.54, 1.807) is 0 Å². The quantitative estimate of drug-likeness (QED) is 0.787. The highest BCUT2D eigenvalue weighted by Crippen LogP contribution is 2.32. The van der Waals surface area contributed by atoms with Crippen LogP contribution in [0.1, 0.15) is 37.2 Å². The van der Waals surface area contributed by atoms with Gasteiger partial charge >= 0.3 is 0 Å². The Morgan fingerprint density at radius 1 is 1.28 bits per heavy atom. The summed E-state index contributed by atoms with van der Waals surface area (Å²) in [7, 11) is -3.59. The second-order valence-corrected chi connectivity index (χ2v) is 7.21. The van der Waals surface area contributed by atoms with Crippen LogP contribution in [0.4, 0.5) is 0 Å². The molecule has 0 radical (unpaired) electrons. The zero-order valence-corrected chi connectivity index (χ0v) is 11.4. The van der Waals surface area contributed by atoms with E-state index in [1.807, 2.05) is 0 Å². The Labute approximate surface area is 107 Å². The smallest absolute Gasteiger partial charge is 0.276 e. The maximum Gasteiger partial charge on any atom is 0.276 e. The van der Waals surface area contributed by atoms with Crippen LogP contribution < -0.4 is 0 Å². The van der Waals surface area contributed by atoms with E-state index in [0.717, 1.165) is 12.8 Å². The monoisotopic (exact) mass is 271 g/mol. The highest BCUT2D eigenvalue weighted by Gasteiger charge is 2.34. The summed E-state index contributed by atoms with van der Waals surface area (Å²) < 4.78 is 30.9. The lowest BCUT2D eigenvalue weighted by molar-refractivity contribution is 0.109. The fourth-order valence-corrected chi connectivity index (χ4v) is 3.35. The van der Waals surface area contributed by atoms with Gasteiger partial charge in [-0.3, -0.25) is 4.79 Å². The molecule has 1 aliphatic rings. The van der Waals surface area contributed by atoms with Gasteiger partial charge in [0.25, 0.3) is 10.0 Å². The van der Waals surface area contributed by atoms with Gasteiger partial charge in [-0.2, -0.15) is 4.31 Å². The summed E-state index contributed by atoms with van der Waals surface area (Å²) in [5, 5.41) is -0.149.